The van der Waals surface area contributed by atoms with E-state index in [4.69, 9.17) is 0 Å². The zero-order valence-electron chi connectivity index (χ0n) is 8.70. The van der Waals surface area contributed by atoms with Crippen molar-refractivity contribution in [3.8, 4) is 0 Å². The normalized spacial score (nSPS) is 10.8. The van der Waals surface area contributed by atoms with Crippen molar-refractivity contribution in [2.75, 3.05) is 16.8 Å². The van der Waals surface area contributed by atoms with Crippen LogP contribution in [0.2, 0.25) is 0 Å². The first-order chi connectivity index (χ1) is 6.77. The second-order valence-corrected chi connectivity index (χ2v) is 3.81. The van der Waals surface area contributed by atoms with Crippen molar-refractivity contribution in [3.05, 3.63) is 42.1 Å². The number of nitrogens with zero attached hydrogens (tertiary/aromatic N) is 1. The van der Waals surface area contributed by atoms with Gasteiger partial charge in [-0.1, -0.05) is 34.1 Å². The zero-order valence-corrected chi connectivity index (χ0v) is 10.3. The molecule has 0 atom stereocenters. The van der Waals surface area contributed by atoms with Crippen molar-refractivity contribution in [1.82, 2.24) is 0 Å². The fourth-order valence-electron chi connectivity index (χ4n) is 1.35. The van der Waals surface area contributed by atoms with Crippen LogP contribution in [-0.4, -0.2) is 11.9 Å². The van der Waals surface area contributed by atoms with Crippen LogP contribution in [-0.2, 0) is 0 Å². The van der Waals surface area contributed by atoms with Crippen LogP contribution in [0, 0.1) is 6.92 Å². The minimum Gasteiger partial charge on any atom is -0.349 e. The summed E-state index contributed by atoms with van der Waals surface area (Å²) in [5.41, 5.74) is 2.55. The monoisotopic (exact) mass is 253 g/mol. The minimum absolute atomic E-state index is 0.898. The lowest BCUT2D eigenvalue weighted by Gasteiger charge is -2.18. The summed E-state index contributed by atoms with van der Waals surface area (Å²) in [6.45, 7) is 5.26. The fourth-order valence-corrected chi connectivity index (χ4v) is 1.51. The number of allylic oxidation sites excluding steroid dienone is 1. The molecular formula is C12H16BrN. The van der Waals surface area contributed by atoms with Crippen molar-refractivity contribution in [1.29, 1.82) is 0 Å². The molecule has 0 heterocycles. The van der Waals surface area contributed by atoms with E-state index in [9.17, 15) is 0 Å². The average molecular weight is 254 g/mol. The van der Waals surface area contributed by atoms with E-state index in [1.54, 1.807) is 0 Å². The Morgan fingerprint density at radius 1 is 1.43 bits per heavy atom. The summed E-state index contributed by atoms with van der Waals surface area (Å²) in [4.78, 5) is 2.23. The number of anilines is 1. The van der Waals surface area contributed by atoms with Crippen LogP contribution in [0.15, 0.2) is 36.5 Å². The largest absolute Gasteiger partial charge is 0.349 e. The maximum absolute atomic E-state index is 3.38. The van der Waals surface area contributed by atoms with Gasteiger partial charge < -0.3 is 4.90 Å². The van der Waals surface area contributed by atoms with Crippen molar-refractivity contribution in [2.24, 2.45) is 0 Å². The maximum atomic E-state index is 3.38. The fraction of sp³-hybridized carbons (Fsp3) is 0.333. The predicted octanol–water partition coefficient (Wildman–Crippen LogP) is 3.73. The molecule has 0 radical (unpaired) electrons. The molecule has 0 saturated carbocycles. The van der Waals surface area contributed by atoms with Gasteiger partial charge in [0.25, 0.3) is 0 Å². The molecule has 0 saturated heterocycles. The minimum atomic E-state index is 0.898. The number of benzene rings is 1. The molecule has 0 spiro atoms. The lowest BCUT2D eigenvalue weighted by Crippen LogP contribution is -2.14. The SMILES string of the molecule is CCN(C=CCBr)c1cccc(C)c1. The number of hydrogen-bond donors (Lipinski definition) is 0. The van der Waals surface area contributed by atoms with Gasteiger partial charge in [-0.25, -0.2) is 0 Å². The Morgan fingerprint density at radius 2 is 2.21 bits per heavy atom. The quantitative estimate of drug-likeness (QED) is 0.740. The highest BCUT2D eigenvalue weighted by atomic mass is 79.9. The van der Waals surface area contributed by atoms with E-state index in [1.165, 1.54) is 11.3 Å². The predicted molar refractivity (Wildman–Crippen MR) is 67.1 cm³/mol. The van der Waals surface area contributed by atoms with E-state index in [2.05, 4.69) is 71.2 Å². The van der Waals surface area contributed by atoms with E-state index in [0.29, 0.717) is 0 Å². The van der Waals surface area contributed by atoms with Crippen molar-refractivity contribution in [2.45, 2.75) is 13.8 Å². The first kappa shape index (κ1) is 11.3. The van der Waals surface area contributed by atoms with E-state index < -0.39 is 0 Å². The van der Waals surface area contributed by atoms with Gasteiger partial charge in [0, 0.05) is 23.8 Å². The van der Waals surface area contributed by atoms with Crippen LogP contribution >= 0.6 is 15.9 Å². The summed E-state index contributed by atoms with van der Waals surface area (Å²) in [6, 6.07) is 8.54. The maximum Gasteiger partial charge on any atom is 0.0408 e. The van der Waals surface area contributed by atoms with Crippen LogP contribution in [0.3, 0.4) is 0 Å². The van der Waals surface area contributed by atoms with Gasteiger partial charge >= 0.3 is 0 Å². The van der Waals surface area contributed by atoms with Crippen molar-refractivity contribution in [3.63, 3.8) is 0 Å². The number of hydrogen-bond acceptors (Lipinski definition) is 1. The Bertz CT molecular complexity index is 307. The number of rotatable bonds is 4. The molecule has 0 unspecified atom stereocenters. The number of aryl methyl sites for hydroxylation is 1. The Kier molecular flexibility index (Phi) is 4.74. The highest BCUT2D eigenvalue weighted by molar-refractivity contribution is 9.09. The number of alkyl halides is 1. The molecule has 0 aliphatic carbocycles. The summed E-state index contributed by atoms with van der Waals surface area (Å²) >= 11 is 3.38. The third kappa shape index (κ3) is 3.18. The average Bonchev–Trinajstić information content (AvgIpc) is 2.19. The highest BCUT2D eigenvalue weighted by Crippen LogP contribution is 2.15. The molecule has 2 heteroatoms. The van der Waals surface area contributed by atoms with Gasteiger partial charge in [-0.3, -0.25) is 0 Å². The van der Waals surface area contributed by atoms with Crippen LogP contribution in [0.5, 0.6) is 0 Å². The molecule has 1 rings (SSSR count). The molecule has 0 aromatic heterocycles. The Labute approximate surface area is 94.6 Å². The standard InChI is InChI=1S/C12H16BrN/c1-3-14(9-5-8-13)12-7-4-6-11(2)10-12/h4-7,9-10H,3,8H2,1-2H3. The lowest BCUT2D eigenvalue weighted by molar-refractivity contribution is 1.01. The second-order valence-electron chi connectivity index (χ2n) is 3.16. The molecule has 0 aliphatic rings. The summed E-state index contributed by atoms with van der Waals surface area (Å²) in [7, 11) is 0. The van der Waals surface area contributed by atoms with Crippen LogP contribution in [0.1, 0.15) is 12.5 Å². The van der Waals surface area contributed by atoms with E-state index in [0.717, 1.165) is 11.9 Å². The van der Waals surface area contributed by atoms with Crippen LogP contribution < -0.4 is 4.90 Å². The molecule has 1 aromatic rings. The lowest BCUT2D eigenvalue weighted by atomic mass is 10.2. The second kappa shape index (κ2) is 5.86. The van der Waals surface area contributed by atoms with Crippen molar-refractivity contribution >= 4 is 21.6 Å². The smallest absolute Gasteiger partial charge is 0.0408 e. The Balaban J connectivity index is 2.83. The van der Waals surface area contributed by atoms with Gasteiger partial charge in [-0.05, 0) is 31.5 Å². The molecule has 76 valence electrons. The topological polar surface area (TPSA) is 3.24 Å². The summed E-state index contributed by atoms with van der Waals surface area (Å²) in [5, 5.41) is 0.898. The van der Waals surface area contributed by atoms with Gasteiger partial charge in [0.2, 0.25) is 0 Å². The molecule has 0 N–H and O–H groups in total. The van der Waals surface area contributed by atoms with Gasteiger partial charge in [0.05, 0.1) is 0 Å². The summed E-state index contributed by atoms with van der Waals surface area (Å²) in [5.74, 6) is 0. The van der Waals surface area contributed by atoms with E-state index in [1.807, 2.05) is 0 Å². The van der Waals surface area contributed by atoms with Gasteiger partial charge in [0.15, 0.2) is 0 Å². The first-order valence-corrected chi connectivity index (χ1v) is 5.96. The molecule has 0 bridgehead atoms. The Morgan fingerprint density at radius 3 is 2.79 bits per heavy atom. The van der Waals surface area contributed by atoms with Crippen LogP contribution in [0.25, 0.3) is 0 Å². The summed E-state index contributed by atoms with van der Waals surface area (Å²) in [6.07, 6.45) is 4.22. The molecular weight excluding hydrogens is 238 g/mol. The third-order valence-electron chi connectivity index (χ3n) is 2.05. The van der Waals surface area contributed by atoms with Crippen LogP contribution in [0.4, 0.5) is 5.69 Å². The molecule has 0 aliphatic heterocycles. The van der Waals surface area contributed by atoms with Crippen molar-refractivity contribution < 1.29 is 0 Å². The van der Waals surface area contributed by atoms with Gasteiger partial charge in [0.1, 0.15) is 0 Å². The van der Waals surface area contributed by atoms with Gasteiger partial charge in [-0.2, -0.15) is 0 Å². The highest BCUT2D eigenvalue weighted by Gasteiger charge is 1.98. The summed E-state index contributed by atoms with van der Waals surface area (Å²) < 4.78 is 0. The molecule has 0 fully saturated rings. The molecule has 1 aromatic carbocycles. The number of halogens is 1. The van der Waals surface area contributed by atoms with E-state index >= 15 is 0 Å². The zero-order chi connectivity index (χ0) is 10.4. The third-order valence-corrected chi connectivity index (χ3v) is 2.42. The molecule has 1 nitrogen and oxygen atoms in total. The molecule has 14 heavy (non-hydrogen) atoms. The first-order valence-electron chi connectivity index (χ1n) is 4.84. The molecule has 0 amide bonds. The Hall–Kier alpha value is -0.760. The van der Waals surface area contributed by atoms with Gasteiger partial charge in [-0.15, -0.1) is 0 Å². The van der Waals surface area contributed by atoms with E-state index in [-0.39, 0.29) is 0 Å².